The summed E-state index contributed by atoms with van der Waals surface area (Å²) < 4.78 is 1.39. The molecule has 0 spiro atoms. The maximum Gasteiger partial charge on any atom is 0.00895 e. The molecule has 0 radical (unpaired) electrons. The average molecular weight is 220 g/mol. The van der Waals surface area contributed by atoms with Crippen molar-refractivity contribution in [3.8, 4) is 0 Å². The van der Waals surface area contributed by atoms with Crippen LogP contribution in [0.3, 0.4) is 0 Å². The van der Waals surface area contributed by atoms with Crippen LogP contribution in [0.1, 0.15) is 19.8 Å². The number of hydrogen-bond donors (Lipinski definition) is 0. The molecule has 44 valence electrons. The second-order valence-corrected chi connectivity index (χ2v) is 3.36. The minimum Gasteiger partial charge on any atom is -0.0720 e. The largest absolute Gasteiger partial charge is 0.0720 e. The summed E-state index contributed by atoms with van der Waals surface area (Å²) in [7, 11) is 0. The van der Waals surface area contributed by atoms with Crippen molar-refractivity contribution in [3.63, 3.8) is 0 Å². The molecule has 8 heavy (non-hydrogen) atoms. The van der Waals surface area contributed by atoms with Gasteiger partial charge in [-0.15, -0.1) is 0 Å². The lowest BCUT2D eigenvalue weighted by molar-refractivity contribution is 0.960. The van der Waals surface area contributed by atoms with Gasteiger partial charge in [0.25, 0.3) is 0 Å². The lowest BCUT2D eigenvalue weighted by Gasteiger charge is -2.03. The van der Waals surface area contributed by atoms with Crippen molar-refractivity contribution in [1.82, 2.24) is 0 Å². The molecule has 1 heteroatoms. The van der Waals surface area contributed by atoms with Gasteiger partial charge in [0, 0.05) is 3.58 Å². The van der Waals surface area contributed by atoms with E-state index in [1.54, 1.807) is 0 Å². The lowest BCUT2D eigenvalue weighted by atomic mass is 10.1. The van der Waals surface area contributed by atoms with E-state index in [0.717, 1.165) is 0 Å². The van der Waals surface area contributed by atoms with Crippen LogP contribution >= 0.6 is 22.6 Å². The predicted molar refractivity (Wildman–Crippen MR) is 45.1 cm³/mol. The summed E-state index contributed by atoms with van der Waals surface area (Å²) in [6.45, 7) is 2.19. The van der Waals surface area contributed by atoms with Gasteiger partial charge in [-0.2, -0.15) is 0 Å². The van der Waals surface area contributed by atoms with Crippen molar-refractivity contribution in [2.45, 2.75) is 19.8 Å². The van der Waals surface area contributed by atoms with E-state index in [9.17, 15) is 0 Å². The van der Waals surface area contributed by atoms with Crippen LogP contribution in [0.5, 0.6) is 0 Å². The first-order chi connectivity index (χ1) is 3.79. The van der Waals surface area contributed by atoms with E-state index in [1.165, 1.54) is 22.0 Å². The minimum absolute atomic E-state index is 1.24. The highest BCUT2D eigenvalue weighted by atomic mass is 127. The molecule has 0 nitrogen and oxygen atoms in total. The number of allylic oxidation sites excluding steroid dienone is 4. The van der Waals surface area contributed by atoms with Gasteiger partial charge in [0.15, 0.2) is 0 Å². The molecule has 1 aliphatic rings. The second-order valence-electron chi connectivity index (χ2n) is 2.12. The molecule has 0 saturated carbocycles. The normalized spacial score (nSPS) is 19.8. The van der Waals surface area contributed by atoms with Crippen LogP contribution in [0.2, 0.25) is 0 Å². The first-order valence-electron chi connectivity index (χ1n) is 2.82. The fourth-order valence-corrected chi connectivity index (χ4v) is 1.65. The Bertz CT molecular complexity index is 142. The summed E-state index contributed by atoms with van der Waals surface area (Å²) >= 11 is 2.36. The molecule has 0 atom stereocenters. The van der Waals surface area contributed by atoms with Crippen molar-refractivity contribution in [2.75, 3.05) is 0 Å². The Morgan fingerprint density at radius 1 is 1.62 bits per heavy atom. The molecular weight excluding hydrogens is 211 g/mol. The van der Waals surface area contributed by atoms with Gasteiger partial charge in [-0.1, -0.05) is 17.7 Å². The first kappa shape index (κ1) is 6.33. The van der Waals surface area contributed by atoms with E-state index in [2.05, 4.69) is 41.7 Å². The molecule has 0 aromatic rings. The maximum atomic E-state index is 2.36. The predicted octanol–water partition coefficient (Wildman–Crippen LogP) is 3.05. The summed E-state index contributed by atoms with van der Waals surface area (Å²) in [5, 5.41) is 0. The third kappa shape index (κ3) is 1.62. The van der Waals surface area contributed by atoms with Gasteiger partial charge in [-0.25, -0.2) is 0 Å². The van der Waals surface area contributed by atoms with Crippen LogP contribution in [0.4, 0.5) is 0 Å². The van der Waals surface area contributed by atoms with Crippen molar-refractivity contribution < 1.29 is 0 Å². The zero-order valence-electron chi connectivity index (χ0n) is 4.95. The van der Waals surface area contributed by atoms with Crippen molar-refractivity contribution >= 4 is 22.6 Å². The van der Waals surface area contributed by atoms with Crippen molar-refractivity contribution in [1.29, 1.82) is 0 Å². The summed E-state index contributed by atoms with van der Waals surface area (Å²) in [6.07, 6.45) is 7.00. The molecular formula is C7H9I. The van der Waals surface area contributed by atoms with Gasteiger partial charge >= 0.3 is 0 Å². The van der Waals surface area contributed by atoms with E-state index < -0.39 is 0 Å². The smallest absolute Gasteiger partial charge is 0.00895 e. The molecule has 0 unspecified atom stereocenters. The van der Waals surface area contributed by atoms with Crippen molar-refractivity contribution in [3.05, 3.63) is 21.3 Å². The number of hydrogen-bond acceptors (Lipinski definition) is 0. The number of rotatable bonds is 0. The molecule has 0 saturated heterocycles. The van der Waals surface area contributed by atoms with Crippen LogP contribution in [0.25, 0.3) is 0 Å². The van der Waals surface area contributed by atoms with Crippen LogP contribution in [0, 0.1) is 0 Å². The van der Waals surface area contributed by atoms with E-state index in [1.807, 2.05) is 0 Å². The Morgan fingerprint density at radius 2 is 2.38 bits per heavy atom. The topological polar surface area (TPSA) is 0 Å². The maximum absolute atomic E-state index is 2.36. The van der Waals surface area contributed by atoms with Gasteiger partial charge < -0.3 is 0 Å². The Morgan fingerprint density at radius 3 is 2.75 bits per heavy atom. The van der Waals surface area contributed by atoms with Gasteiger partial charge in [-0.05, 0) is 42.4 Å². The zero-order chi connectivity index (χ0) is 5.98. The number of halogens is 1. The Balaban J connectivity index is 2.69. The molecule has 0 heterocycles. The fourth-order valence-electron chi connectivity index (χ4n) is 0.804. The highest BCUT2D eigenvalue weighted by Crippen LogP contribution is 2.20. The fraction of sp³-hybridized carbons (Fsp3) is 0.429. The van der Waals surface area contributed by atoms with E-state index in [4.69, 9.17) is 0 Å². The van der Waals surface area contributed by atoms with Gasteiger partial charge in [0.05, 0.1) is 0 Å². The van der Waals surface area contributed by atoms with Crippen LogP contribution in [0.15, 0.2) is 21.3 Å². The highest BCUT2D eigenvalue weighted by Gasteiger charge is 1.95. The third-order valence-electron chi connectivity index (χ3n) is 1.26. The van der Waals surface area contributed by atoms with Gasteiger partial charge in [0.2, 0.25) is 0 Å². The summed E-state index contributed by atoms with van der Waals surface area (Å²) in [5.74, 6) is 0. The highest BCUT2D eigenvalue weighted by molar-refractivity contribution is 14.1. The van der Waals surface area contributed by atoms with Crippen LogP contribution in [-0.2, 0) is 0 Å². The lowest BCUT2D eigenvalue weighted by Crippen LogP contribution is -1.82. The van der Waals surface area contributed by atoms with Crippen LogP contribution in [-0.4, -0.2) is 0 Å². The standard InChI is InChI=1S/C7H9I/c1-6-3-2-4-7(8)5-6/h4-5H,2-3H2,1H3. The molecule has 0 aliphatic heterocycles. The van der Waals surface area contributed by atoms with Crippen molar-refractivity contribution in [2.24, 2.45) is 0 Å². The summed E-state index contributed by atoms with van der Waals surface area (Å²) in [6, 6.07) is 0. The molecule has 0 bridgehead atoms. The zero-order valence-corrected chi connectivity index (χ0v) is 7.10. The first-order valence-corrected chi connectivity index (χ1v) is 3.90. The second kappa shape index (κ2) is 2.67. The SMILES string of the molecule is CC1=CC(I)=CCC1. The van der Waals surface area contributed by atoms with E-state index in [-0.39, 0.29) is 0 Å². The van der Waals surface area contributed by atoms with Gasteiger partial charge in [0.1, 0.15) is 0 Å². The monoisotopic (exact) mass is 220 g/mol. The van der Waals surface area contributed by atoms with Crippen LogP contribution < -0.4 is 0 Å². The summed E-state index contributed by atoms with van der Waals surface area (Å²) in [4.78, 5) is 0. The Hall–Kier alpha value is 0.210. The average Bonchev–Trinajstić information content (AvgIpc) is 1.64. The molecule has 0 aromatic carbocycles. The summed E-state index contributed by atoms with van der Waals surface area (Å²) in [5.41, 5.74) is 1.51. The third-order valence-corrected chi connectivity index (χ3v) is 2.01. The molecule has 0 fully saturated rings. The quantitative estimate of drug-likeness (QED) is 0.550. The molecule has 1 rings (SSSR count). The van der Waals surface area contributed by atoms with Gasteiger partial charge in [-0.3, -0.25) is 0 Å². The Labute approximate surface area is 63.8 Å². The Kier molecular flexibility index (Phi) is 2.11. The van der Waals surface area contributed by atoms with E-state index >= 15 is 0 Å². The molecule has 0 N–H and O–H groups in total. The van der Waals surface area contributed by atoms with E-state index in [0.29, 0.717) is 0 Å². The molecule has 0 aromatic heterocycles. The molecule has 0 amide bonds. The molecule has 1 aliphatic carbocycles. The minimum atomic E-state index is 1.24.